The number of halogens is 2. The van der Waals surface area contributed by atoms with Gasteiger partial charge in [-0.25, -0.2) is 4.98 Å². The molecule has 1 heterocycles. The summed E-state index contributed by atoms with van der Waals surface area (Å²) < 4.78 is 5.23. The molecule has 1 aromatic rings. The normalized spacial score (nSPS) is 9.00. The van der Waals surface area contributed by atoms with Gasteiger partial charge in [0.05, 0.1) is 12.7 Å². The van der Waals surface area contributed by atoms with Crippen molar-refractivity contribution in [3.8, 4) is 11.8 Å². The maximum Gasteiger partial charge on any atom is 0.317 e. The Kier molecular flexibility index (Phi) is 4.60. The third-order valence-electron chi connectivity index (χ3n) is 1.49. The number of aromatic nitrogens is 1. The van der Waals surface area contributed by atoms with E-state index in [4.69, 9.17) is 11.6 Å². The van der Waals surface area contributed by atoms with Crippen LogP contribution in [0.15, 0.2) is 16.7 Å². The number of carbonyl (C=O) groups is 1. The van der Waals surface area contributed by atoms with Crippen LogP contribution in [0.1, 0.15) is 12.0 Å². The largest absolute Gasteiger partial charge is 0.468 e. The van der Waals surface area contributed by atoms with Crippen molar-refractivity contribution in [3.05, 3.63) is 27.5 Å². The van der Waals surface area contributed by atoms with Crippen molar-refractivity contribution in [1.29, 1.82) is 0 Å². The predicted octanol–water partition coefficient (Wildman–Crippen LogP) is 2.41. The van der Waals surface area contributed by atoms with Gasteiger partial charge in [0.25, 0.3) is 0 Å². The molecule has 0 N–H and O–H groups in total. The van der Waals surface area contributed by atoms with Crippen LogP contribution in [0.4, 0.5) is 0 Å². The fourth-order valence-electron chi connectivity index (χ4n) is 0.794. The lowest BCUT2D eigenvalue weighted by atomic mass is 10.3. The molecule has 3 nitrogen and oxygen atoms in total. The molecule has 0 aliphatic rings. The Morgan fingerprint density at radius 3 is 3.13 bits per heavy atom. The van der Waals surface area contributed by atoms with E-state index < -0.39 is 0 Å². The lowest BCUT2D eigenvalue weighted by Crippen LogP contribution is -1.97. The fourth-order valence-corrected chi connectivity index (χ4v) is 1.28. The topological polar surface area (TPSA) is 39.2 Å². The summed E-state index contributed by atoms with van der Waals surface area (Å²) in [6.07, 6.45) is 1.62. The van der Waals surface area contributed by atoms with Gasteiger partial charge in [-0.2, -0.15) is 0 Å². The van der Waals surface area contributed by atoms with Crippen LogP contribution in [-0.2, 0) is 9.53 Å². The zero-order valence-corrected chi connectivity index (χ0v) is 10.2. The molecule has 5 heteroatoms. The number of esters is 1. The maximum absolute atomic E-state index is 10.8. The Morgan fingerprint density at radius 2 is 2.47 bits per heavy atom. The first-order chi connectivity index (χ1) is 7.13. The van der Waals surface area contributed by atoms with Crippen LogP contribution in [0.3, 0.4) is 0 Å². The zero-order chi connectivity index (χ0) is 11.3. The summed E-state index contributed by atoms with van der Waals surface area (Å²) >= 11 is 9.05. The molecule has 0 atom stereocenters. The van der Waals surface area contributed by atoms with E-state index in [1.54, 1.807) is 12.3 Å². The molecule has 1 rings (SSSR count). The minimum atomic E-state index is -0.374. The Morgan fingerprint density at radius 1 is 1.73 bits per heavy atom. The van der Waals surface area contributed by atoms with E-state index in [1.165, 1.54) is 7.11 Å². The number of nitrogens with zero attached hydrogens (tertiary/aromatic N) is 1. The number of pyridine rings is 1. The third-order valence-corrected chi connectivity index (χ3v) is 2.22. The van der Waals surface area contributed by atoms with Crippen LogP contribution < -0.4 is 0 Å². The monoisotopic (exact) mass is 287 g/mol. The Balaban J connectivity index is 2.79. The number of ether oxygens (including phenoxy) is 1. The van der Waals surface area contributed by atoms with E-state index in [-0.39, 0.29) is 12.4 Å². The molecule has 0 saturated carbocycles. The fraction of sp³-hybridized carbons (Fsp3) is 0.200. The molecule has 0 unspecified atom stereocenters. The molecule has 15 heavy (non-hydrogen) atoms. The Hall–Kier alpha value is -1.05. The van der Waals surface area contributed by atoms with Crippen LogP contribution >= 0.6 is 27.5 Å². The van der Waals surface area contributed by atoms with Gasteiger partial charge in [0.2, 0.25) is 0 Å². The predicted molar refractivity (Wildman–Crippen MR) is 60.5 cm³/mol. The summed E-state index contributed by atoms with van der Waals surface area (Å²) in [5.41, 5.74) is 0.579. The van der Waals surface area contributed by atoms with Crippen molar-refractivity contribution < 1.29 is 9.53 Å². The molecule has 0 radical (unpaired) electrons. The van der Waals surface area contributed by atoms with Crippen molar-refractivity contribution >= 4 is 33.5 Å². The molecule has 0 bridgehead atoms. The minimum absolute atomic E-state index is 0.0410. The minimum Gasteiger partial charge on any atom is -0.468 e. The van der Waals surface area contributed by atoms with E-state index >= 15 is 0 Å². The highest BCUT2D eigenvalue weighted by molar-refractivity contribution is 9.10. The van der Waals surface area contributed by atoms with E-state index in [9.17, 15) is 4.79 Å². The van der Waals surface area contributed by atoms with Crippen molar-refractivity contribution in [2.24, 2.45) is 0 Å². The number of rotatable bonds is 1. The van der Waals surface area contributed by atoms with Gasteiger partial charge in [0.1, 0.15) is 11.6 Å². The number of methoxy groups -OCH3 is 1. The average Bonchev–Trinajstić information content (AvgIpc) is 2.23. The van der Waals surface area contributed by atoms with Crippen LogP contribution in [0.5, 0.6) is 0 Å². The number of carbonyl (C=O) groups excluding carboxylic acids is 1. The van der Waals surface area contributed by atoms with Gasteiger partial charge in [-0.05, 0) is 22.0 Å². The second-order valence-electron chi connectivity index (χ2n) is 2.55. The second kappa shape index (κ2) is 5.74. The van der Waals surface area contributed by atoms with E-state index in [0.29, 0.717) is 10.7 Å². The van der Waals surface area contributed by atoms with Crippen LogP contribution in [0, 0.1) is 11.8 Å². The molecule has 0 aromatic carbocycles. The lowest BCUT2D eigenvalue weighted by Gasteiger charge is -1.95. The summed E-state index contributed by atoms with van der Waals surface area (Å²) in [7, 11) is 1.32. The molecule has 0 aliphatic carbocycles. The van der Waals surface area contributed by atoms with Crippen molar-refractivity contribution in [2.75, 3.05) is 7.11 Å². The van der Waals surface area contributed by atoms with Gasteiger partial charge in [0.15, 0.2) is 0 Å². The van der Waals surface area contributed by atoms with Crippen molar-refractivity contribution in [1.82, 2.24) is 4.98 Å². The third kappa shape index (κ3) is 3.90. The standard InChI is InChI=1S/C10H7BrClNO2/c1-15-9(14)4-2-3-7-5-8(11)6-13-10(7)12/h5-6H,4H2,1H3. The molecular weight excluding hydrogens is 281 g/mol. The molecular formula is C10H7BrClNO2. The number of hydrogen-bond acceptors (Lipinski definition) is 3. The lowest BCUT2D eigenvalue weighted by molar-refractivity contribution is -0.139. The highest BCUT2D eigenvalue weighted by atomic mass is 79.9. The van der Waals surface area contributed by atoms with Crippen LogP contribution in [0.25, 0.3) is 0 Å². The van der Waals surface area contributed by atoms with Gasteiger partial charge in [-0.15, -0.1) is 0 Å². The summed E-state index contributed by atoms with van der Waals surface area (Å²) in [5.74, 6) is 5.02. The first-order valence-corrected chi connectivity index (χ1v) is 5.17. The van der Waals surface area contributed by atoms with Gasteiger partial charge in [0, 0.05) is 10.7 Å². The van der Waals surface area contributed by atoms with Crippen LogP contribution in [-0.4, -0.2) is 18.1 Å². The molecule has 0 saturated heterocycles. The summed E-state index contributed by atoms with van der Waals surface area (Å²) in [5, 5.41) is 0.315. The highest BCUT2D eigenvalue weighted by Gasteiger charge is 1.99. The average molecular weight is 289 g/mol. The van der Waals surface area contributed by atoms with E-state index in [2.05, 4.69) is 37.5 Å². The van der Waals surface area contributed by atoms with Crippen LogP contribution in [0.2, 0.25) is 5.15 Å². The Labute approximate surface area is 101 Å². The van der Waals surface area contributed by atoms with E-state index in [0.717, 1.165) is 4.47 Å². The SMILES string of the molecule is COC(=O)CC#Cc1cc(Br)cnc1Cl. The smallest absolute Gasteiger partial charge is 0.317 e. The first-order valence-electron chi connectivity index (χ1n) is 4.00. The summed E-state index contributed by atoms with van der Waals surface area (Å²) in [6.45, 7) is 0. The molecule has 0 aliphatic heterocycles. The van der Waals surface area contributed by atoms with Gasteiger partial charge in [-0.3, -0.25) is 4.79 Å². The van der Waals surface area contributed by atoms with Gasteiger partial charge in [-0.1, -0.05) is 23.4 Å². The summed E-state index contributed by atoms with van der Waals surface area (Å²) in [6, 6.07) is 1.74. The first kappa shape index (κ1) is 12.0. The summed E-state index contributed by atoms with van der Waals surface area (Å²) in [4.78, 5) is 14.7. The van der Waals surface area contributed by atoms with E-state index in [1.807, 2.05) is 0 Å². The van der Waals surface area contributed by atoms with Gasteiger partial charge >= 0.3 is 5.97 Å². The highest BCUT2D eigenvalue weighted by Crippen LogP contribution is 2.16. The maximum atomic E-state index is 10.8. The second-order valence-corrected chi connectivity index (χ2v) is 3.82. The number of hydrogen-bond donors (Lipinski definition) is 0. The van der Waals surface area contributed by atoms with Crippen molar-refractivity contribution in [3.63, 3.8) is 0 Å². The van der Waals surface area contributed by atoms with Crippen molar-refractivity contribution in [2.45, 2.75) is 6.42 Å². The zero-order valence-electron chi connectivity index (χ0n) is 7.88. The molecule has 0 spiro atoms. The molecule has 0 amide bonds. The quantitative estimate of drug-likeness (QED) is 0.452. The molecule has 1 aromatic heterocycles. The molecule has 78 valence electrons. The molecule has 0 fully saturated rings. The Bertz CT molecular complexity index is 437. The van der Waals surface area contributed by atoms with Gasteiger partial charge < -0.3 is 4.74 Å².